The minimum Gasteiger partial charge on any atom is -0.491 e. The molecule has 0 atom stereocenters. The molecule has 0 radical (unpaired) electrons. The fourth-order valence-electron chi connectivity index (χ4n) is 4.69. The Morgan fingerprint density at radius 3 is 1.24 bits per heavy atom. The first kappa shape index (κ1) is 29.0. The standard InChI is InChI=1S/C27H6F14O/c1-42-27-25(40)18(33)13(19(34)26(27)41)9-7-5(3-2-4-6(7)28)8(10-11(9)15(30)21(36)20(35)14(10)29)12-16(31)22(37)24(39)23(38)17(12)32/h2-4H,1H3. The van der Waals surface area contributed by atoms with Gasteiger partial charge in [-0.25, -0.2) is 52.7 Å². The predicted octanol–water partition coefficient (Wildman–Crippen LogP) is 9.28. The summed E-state index contributed by atoms with van der Waals surface area (Å²) in [4.78, 5) is 0. The van der Waals surface area contributed by atoms with E-state index in [9.17, 15) is 39.5 Å². The minimum absolute atomic E-state index is 0.417. The van der Waals surface area contributed by atoms with Crippen LogP contribution in [0.25, 0.3) is 43.8 Å². The smallest absolute Gasteiger partial charge is 0.204 e. The van der Waals surface area contributed by atoms with Gasteiger partial charge >= 0.3 is 0 Å². The molecule has 0 aliphatic rings. The van der Waals surface area contributed by atoms with Crippen LogP contribution >= 0.6 is 0 Å². The van der Waals surface area contributed by atoms with E-state index in [1.165, 1.54) is 0 Å². The lowest BCUT2D eigenvalue weighted by atomic mass is 9.84. The topological polar surface area (TPSA) is 9.23 Å². The van der Waals surface area contributed by atoms with E-state index in [1.54, 1.807) is 0 Å². The maximum absolute atomic E-state index is 15.4. The van der Waals surface area contributed by atoms with Gasteiger partial charge < -0.3 is 4.74 Å². The highest BCUT2D eigenvalue weighted by Gasteiger charge is 2.37. The summed E-state index contributed by atoms with van der Waals surface area (Å²) in [7, 11) is 0.566. The van der Waals surface area contributed by atoms with Gasteiger partial charge in [0.05, 0.1) is 18.2 Å². The molecule has 0 amide bonds. The lowest BCUT2D eigenvalue weighted by molar-refractivity contribution is 0.334. The van der Waals surface area contributed by atoms with Crippen molar-refractivity contribution >= 4 is 21.5 Å². The molecule has 5 aromatic rings. The van der Waals surface area contributed by atoms with E-state index in [0.717, 1.165) is 0 Å². The van der Waals surface area contributed by atoms with E-state index < -0.39 is 131 Å². The van der Waals surface area contributed by atoms with Gasteiger partial charge in [0.15, 0.2) is 63.9 Å². The Bertz CT molecular complexity index is 1960. The van der Waals surface area contributed by atoms with Crippen molar-refractivity contribution in [3.8, 4) is 28.0 Å². The average Bonchev–Trinajstić information content (AvgIpc) is 2.96. The highest BCUT2D eigenvalue weighted by atomic mass is 19.2. The second-order valence-electron chi connectivity index (χ2n) is 8.53. The molecule has 0 N–H and O–H groups in total. The molecule has 0 saturated heterocycles. The molecule has 0 heterocycles. The van der Waals surface area contributed by atoms with Crippen LogP contribution in [-0.2, 0) is 0 Å². The first-order valence-electron chi connectivity index (χ1n) is 11.0. The third-order valence-electron chi connectivity index (χ3n) is 6.44. The molecule has 5 rings (SSSR count). The number of benzene rings is 5. The van der Waals surface area contributed by atoms with E-state index in [-0.39, 0.29) is 0 Å². The van der Waals surface area contributed by atoms with Crippen molar-refractivity contribution in [1.82, 2.24) is 0 Å². The SMILES string of the molecule is COc1c(F)c(F)c(-c2c3c(F)cccc3c(-c3c(F)c(F)c(F)c(F)c3F)c3c(F)c(F)c(F)c(F)c23)c(F)c1F. The van der Waals surface area contributed by atoms with Crippen molar-refractivity contribution in [3.63, 3.8) is 0 Å². The first-order valence-corrected chi connectivity index (χ1v) is 11.0. The largest absolute Gasteiger partial charge is 0.491 e. The van der Waals surface area contributed by atoms with Crippen LogP contribution in [0.3, 0.4) is 0 Å². The zero-order chi connectivity index (χ0) is 31.1. The minimum atomic E-state index is -2.77. The molecule has 1 nitrogen and oxygen atoms in total. The van der Waals surface area contributed by atoms with E-state index >= 15 is 22.0 Å². The Kier molecular flexibility index (Phi) is 6.74. The molecule has 5 aromatic carbocycles. The molecule has 0 spiro atoms. The lowest BCUT2D eigenvalue weighted by Gasteiger charge is -2.21. The van der Waals surface area contributed by atoms with Crippen molar-refractivity contribution in [2.75, 3.05) is 7.11 Å². The van der Waals surface area contributed by atoms with Crippen molar-refractivity contribution in [2.45, 2.75) is 0 Å². The van der Waals surface area contributed by atoms with Gasteiger partial charge in [-0.05, 0) is 11.5 Å². The molecule has 0 aliphatic heterocycles. The number of rotatable bonds is 3. The fraction of sp³-hybridized carbons (Fsp3) is 0.0370. The van der Waals surface area contributed by atoms with E-state index in [4.69, 9.17) is 0 Å². The van der Waals surface area contributed by atoms with E-state index in [2.05, 4.69) is 4.74 Å². The molecule has 0 saturated carbocycles. The Labute approximate surface area is 223 Å². The highest BCUT2D eigenvalue weighted by molar-refractivity contribution is 6.22. The normalized spacial score (nSPS) is 11.7. The molecule has 15 heteroatoms. The molecule has 0 bridgehead atoms. The summed E-state index contributed by atoms with van der Waals surface area (Å²) in [6.45, 7) is 0. The van der Waals surface area contributed by atoms with Gasteiger partial charge in [0.1, 0.15) is 5.82 Å². The molecule has 218 valence electrons. The third kappa shape index (κ3) is 3.64. The van der Waals surface area contributed by atoms with Crippen LogP contribution in [0.1, 0.15) is 0 Å². The second-order valence-corrected chi connectivity index (χ2v) is 8.53. The van der Waals surface area contributed by atoms with Gasteiger partial charge in [0, 0.05) is 27.3 Å². The number of methoxy groups -OCH3 is 1. The maximum atomic E-state index is 15.4. The van der Waals surface area contributed by atoms with Crippen LogP contribution in [0.2, 0.25) is 0 Å². The molecule has 0 aliphatic carbocycles. The molecule has 42 heavy (non-hydrogen) atoms. The Morgan fingerprint density at radius 1 is 0.381 bits per heavy atom. The van der Waals surface area contributed by atoms with Crippen molar-refractivity contribution in [3.05, 3.63) is 99.6 Å². The van der Waals surface area contributed by atoms with Crippen LogP contribution < -0.4 is 4.74 Å². The van der Waals surface area contributed by atoms with Gasteiger partial charge in [-0.3, -0.25) is 0 Å². The van der Waals surface area contributed by atoms with Crippen LogP contribution in [0.4, 0.5) is 61.5 Å². The van der Waals surface area contributed by atoms with E-state index in [0.29, 0.717) is 25.3 Å². The highest BCUT2D eigenvalue weighted by Crippen LogP contribution is 2.50. The molecule has 0 aromatic heterocycles. The number of fused-ring (bicyclic) bond motifs is 2. The summed E-state index contributed by atoms with van der Waals surface area (Å²) in [6, 6.07) is 1.60. The first-order chi connectivity index (χ1) is 19.7. The van der Waals surface area contributed by atoms with Crippen LogP contribution in [0.15, 0.2) is 18.2 Å². The molecule has 0 fully saturated rings. The van der Waals surface area contributed by atoms with Crippen LogP contribution in [-0.4, -0.2) is 7.11 Å². The van der Waals surface area contributed by atoms with Crippen LogP contribution in [0, 0.1) is 81.4 Å². The average molecular weight is 612 g/mol. The van der Waals surface area contributed by atoms with Gasteiger partial charge in [-0.2, -0.15) is 8.78 Å². The quantitative estimate of drug-likeness (QED) is 0.0855. The summed E-state index contributed by atoms with van der Waals surface area (Å²) in [5, 5.41) is -6.63. The van der Waals surface area contributed by atoms with Gasteiger partial charge in [0.2, 0.25) is 17.5 Å². The number of halogens is 14. The monoisotopic (exact) mass is 612 g/mol. The lowest BCUT2D eigenvalue weighted by Crippen LogP contribution is -2.09. The fourth-order valence-corrected chi connectivity index (χ4v) is 4.69. The molecular formula is C27H6F14O. The third-order valence-corrected chi connectivity index (χ3v) is 6.44. The number of hydrogen-bond donors (Lipinski definition) is 0. The summed E-state index contributed by atoms with van der Waals surface area (Å²) in [5.41, 5.74) is -7.62. The summed E-state index contributed by atoms with van der Waals surface area (Å²) >= 11 is 0. The van der Waals surface area contributed by atoms with Crippen molar-refractivity contribution in [1.29, 1.82) is 0 Å². The van der Waals surface area contributed by atoms with Crippen LogP contribution in [0.5, 0.6) is 5.75 Å². The van der Waals surface area contributed by atoms with Crippen molar-refractivity contribution < 1.29 is 66.2 Å². The van der Waals surface area contributed by atoms with Gasteiger partial charge in [-0.15, -0.1) is 0 Å². The maximum Gasteiger partial charge on any atom is 0.204 e. The molecular weight excluding hydrogens is 606 g/mol. The Morgan fingerprint density at radius 2 is 0.762 bits per heavy atom. The van der Waals surface area contributed by atoms with Gasteiger partial charge in [0.25, 0.3) is 0 Å². The molecule has 0 unspecified atom stereocenters. The second kappa shape index (κ2) is 9.77. The predicted molar refractivity (Wildman–Crippen MR) is 118 cm³/mol. The summed E-state index contributed by atoms with van der Waals surface area (Å²) < 4.78 is 211. The zero-order valence-electron chi connectivity index (χ0n) is 19.9. The summed E-state index contributed by atoms with van der Waals surface area (Å²) in [6.07, 6.45) is 0. The van der Waals surface area contributed by atoms with E-state index in [1.807, 2.05) is 0 Å². The zero-order valence-corrected chi connectivity index (χ0v) is 19.9. The Hall–Kier alpha value is -4.56. The Balaban J connectivity index is 2.24. The number of ether oxygens (including phenoxy) is 1. The van der Waals surface area contributed by atoms with Crippen molar-refractivity contribution in [2.24, 2.45) is 0 Å². The van der Waals surface area contributed by atoms with Gasteiger partial charge in [-0.1, -0.05) is 12.1 Å². The number of hydrogen-bond acceptors (Lipinski definition) is 1. The summed E-state index contributed by atoms with van der Waals surface area (Å²) in [5.74, 6) is -37.4.